The summed E-state index contributed by atoms with van der Waals surface area (Å²) in [5.41, 5.74) is 3.09. The maximum absolute atomic E-state index is 13.2. The molecule has 2 fully saturated rings. The number of nitrogens with zero attached hydrogens (tertiary/aromatic N) is 2. The first-order chi connectivity index (χ1) is 13.2. The SMILES string of the molecule is COc1ccc(N2C(=O)C[C@H](C3=C(N4CCOCC4)CCCC3)C2=O)cc1. The minimum absolute atomic E-state index is 0.0900. The number of amides is 2. The maximum atomic E-state index is 13.2. The van der Waals surface area contributed by atoms with Gasteiger partial charge in [0.25, 0.3) is 0 Å². The number of allylic oxidation sites excluding steroid dienone is 1. The Balaban J connectivity index is 1.62. The summed E-state index contributed by atoms with van der Waals surface area (Å²) in [4.78, 5) is 29.6. The van der Waals surface area contributed by atoms with E-state index in [1.54, 1.807) is 31.4 Å². The van der Waals surface area contributed by atoms with Crippen LogP contribution < -0.4 is 9.64 Å². The van der Waals surface area contributed by atoms with Crippen LogP contribution in [0, 0.1) is 5.92 Å². The molecular weight excluding hydrogens is 344 g/mol. The predicted octanol–water partition coefficient (Wildman–Crippen LogP) is 2.74. The number of ether oxygens (including phenoxy) is 2. The van der Waals surface area contributed by atoms with Gasteiger partial charge >= 0.3 is 0 Å². The molecule has 0 saturated carbocycles. The fourth-order valence-corrected chi connectivity index (χ4v) is 4.39. The van der Waals surface area contributed by atoms with E-state index in [-0.39, 0.29) is 24.2 Å². The Hall–Kier alpha value is -2.34. The van der Waals surface area contributed by atoms with Crippen molar-refractivity contribution in [3.8, 4) is 5.75 Å². The fourth-order valence-electron chi connectivity index (χ4n) is 4.39. The van der Waals surface area contributed by atoms with Crippen LogP contribution in [-0.2, 0) is 14.3 Å². The van der Waals surface area contributed by atoms with Gasteiger partial charge in [0.1, 0.15) is 5.75 Å². The summed E-state index contributed by atoms with van der Waals surface area (Å²) in [5, 5.41) is 0. The minimum atomic E-state index is -0.322. The quantitative estimate of drug-likeness (QED) is 0.763. The van der Waals surface area contributed by atoms with E-state index < -0.39 is 0 Å². The van der Waals surface area contributed by atoms with E-state index in [2.05, 4.69) is 4.90 Å². The van der Waals surface area contributed by atoms with Crippen molar-refractivity contribution in [1.82, 2.24) is 4.90 Å². The van der Waals surface area contributed by atoms with Gasteiger partial charge in [0.15, 0.2) is 0 Å². The highest BCUT2D eigenvalue weighted by molar-refractivity contribution is 6.21. The molecule has 1 aliphatic carbocycles. The van der Waals surface area contributed by atoms with E-state index in [4.69, 9.17) is 9.47 Å². The zero-order valence-electron chi connectivity index (χ0n) is 15.8. The van der Waals surface area contributed by atoms with E-state index >= 15 is 0 Å². The van der Waals surface area contributed by atoms with E-state index in [1.165, 1.54) is 16.2 Å². The average molecular weight is 370 g/mol. The van der Waals surface area contributed by atoms with Crippen LogP contribution in [0.3, 0.4) is 0 Å². The first-order valence-electron chi connectivity index (χ1n) is 9.74. The Morgan fingerprint density at radius 1 is 1.04 bits per heavy atom. The van der Waals surface area contributed by atoms with Crippen LogP contribution in [0.1, 0.15) is 32.1 Å². The lowest BCUT2D eigenvalue weighted by Crippen LogP contribution is -2.38. The second kappa shape index (κ2) is 7.72. The van der Waals surface area contributed by atoms with Gasteiger partial charge in [0, 0.05) is 25.2 Å². The van der Waals surface area contributed by atoms with Crippen molar-refractivity contribution in [2.45, 2.75) is 32.1 Å². The Morgan fingerprint density at radius 2 is 1.74 bits per heavy atom. The maximum Gasteiger partial charge on any atom is 0.241 e. The van der Waals surface area contributed by atoms with Crippen LogP contribution in [0.4, 0.5) is 5.69 Å². The average Bonchev–Trinajstić information content (AvgIpc) is 3.02. The molecule has 2 heterocycles. The van der Waals surface area contributed by atoms with Crippen LogP contribution >= 0.6 is 0 Å². The molecule has 0 spiro atoms. The Morgan fingerprint density at radius 3 is 2.44 bits per heavy atom. The van der Waals surface area contributed by atoms with Crippen molar-refractivity contribution in [3.63, 3.8) is 0 Å². The summed E-state index contributed by atoms with van der Waals surface area (Å²) in [6.07, 6.45) is 4.41. The number of morpholine rings is 1. The Bertz CT molecular complexity index is 750. The molecule has 0 unspecified atom stereocenters. The molecule has 2 saturated heterocycles. The third-order valence-corrected chi connectivity index (χ3v) is 5.77. The molecule has 2 aliphatic heterocycles. The Kier molecular flexibility index (Phi) is 5.16. The van der Waals surface area contributed by atoms with E-state index in [9.17, 15) is 9.59 Å². The van der Waals surface area contributed by atoms with Gasteiger partial charge < -0.3 is 14.4 Å². The second-order valence-corrected chi connectivity index (χ2v) is 7.30. The number of methoxy groups -OCH3 is 1. The molecule has 27 heavy (non-hydrogen) atoms. The van der Waals surface area contributed by atoms with Crippen LogP contribution in [0.5, 0.6) is 5.75 Å². The van der Waals surface area contributed by atoms with Gasteiger partial charge in [0.05, 0.1) is 31.9 Å². The number of carbonyl (C=O) groups is 2. The smallest absolute Gasteiger partial charge is 0.241 e. The van der Waals surface area contributed by atoms with Crippen molar-refractivity contribution in [3.05, 3.63) is 35.5 Å². The lowest BCUT2D eigenvalue weighted by Gasteiger charge is -2.36. The topological polar surface area (TPSA) is 59.1 Å². The number of hydrogen-bond donors (Lipinski definition) is 0. The molecule has 0 N–H and O–H groups in total. The first-order valence-corrected chi connectivity index (χ1v) is 9.74. The van der Waals surface area contributed by atoms with Gasteiger partial charge in [-0.3, -0.25) is 14.5 Å². The number of anilines is 1. The largest absolute Gasteiger partial charge is 0.497 e. The number of hydrogen-bond acceptors (Lipinski definition) is 5. The summed E-state index contributed by atoms with van der Waals surface area (Å²) >= 11 is 0. The number of imide groups is 1. The standard InChI is InChI=1S/C21H26N2O4/c1-26-16-8-6-15(7-9-16)23-20(24)14-18(21(23)25)17-4-2-3-5-19(17)22-10-12-27-13-11-22/h6-9,18H,2-5,10-14H2,1H3/t18-/m1/s1. The monoisotopic (exact) mass is 370 g/mol. The number of benzene rings is 1. The molecule has 1 atom stereocenters. The van der Waals surface area contributed by atoms with Crippen LogP contribution in [0.2, 0.25) is 0 Å². The molecule has 2 amide bonds. The van der Waals surface area contributed by atoms with E-state index in [0.717, 1.165) is 52.0 Å². The number of carbonyl (C=O) groups excluding carboxylic acids is 2. The summed E-state index contributed by atoms with van der Waals surface area (Å²) in [5.74, 6) is 0.180. The van der Waals surface area contributed by atoms with Crippen LogP contribution in [0.25, 0.3) is 0 Å². The normalized spacial score (nSPS) is 24.0. The molecule has 3 aliphatic rings. The predicted molar refractivity (Wildman–Crippen MR) is 101 cm³/mol. The van der Waals surface area contributed by atoms with E-state index in [1.807, 2.05) is 0 Å². The van der Waals surface area contributed by atoms with Crippen molar-refractivity contribution < 1.29 is 19.1 Å². The third kappa shape index (κ3) is 3.46. The van der Waals surface area contributed by atoms with Gasteiger partial charge in [0.2, 0.25) is 11.8 Å². The highest BCUT2D eigenvalue weighted by atomic mass is 16.5. The molecule has 4 rings (SSSR count). The molecule has 0 bridgehead atoms. The molecule has 0 radical (unpaired) electrons. The highest BCUT2D eigenvalue weighted by Crippen LogP contribution is 2.39. The summed E-state index contributed by atoms with van der Waals surface area (Å²) < 4.78 is 10.7. The lowest BCUT2D eigenvalue weighted by atomic mass is 9.85. The summed E-state index contributed by atoms with van der Waals surface area (Å²) in [7, 11) is 1.60. The lowest BCUT2D eigenvalue weighted by molar-refractivity contribution is -0.121. The van der Waals surface area contributed by atoms with Gasteiger partial charge in [-0.2, -0.15) is 0 Å². The van der Waals surface area contributed by atoms with E-state index in [0.29, 0.717) is 11.4 Å². The molecule has 6 heteroatoms. The van der Waals surface area contributed by atoms with Crippen molar-refractivity contribution in [1.29, 1.82) is 0 Å². The van der Waals surface area contributed by atoms with Crippen molar-refractivity contribution in [2.75, 3.05) is 38.3 Å². The zero-order valence-corrected chi connectivity index (χ0v) is 15.8. The molecule has 144 valence electrons. The highest BCUT2D eigenvalue weighted by Gasteiger charge is 2.43. The molecule has 0 aromatic heterocycles. The molecule has 6 nitrogen and oxygen atoms in total. The summed E-state index contributed by atoms with van der Waals surface area (Å²) in [6, 6.07) is 7.11. The van der Waals surface area contributed by atoms with Gasteiger partial charge in [-0.25, -0.2) is 0 Å². The van der Waals surface area contributed by atoms with Crippen molar-refractivity contribution in [2.24, 2.45) is 5.92 Å². The molecule has 1 aromatic rings. The van der Waals surface area contributed by atoms with Crippen LogP contribution in [0.15, 0.2) is 35.5 Å². The first kappa shape index (κ1) is 18.0. The van der Waals surface area contributed by atoms with Crippen LogP contribution in [-0.4, -0.2) is 50.1 Å². The zero-order chi connectivity index (χ0) is 18.8. The molecule has 1 aromatic carbocycles. The second-order valence-electron chi connectivity index (χ2n) is 7.30. The fraction of sp³-hybridized carbons (Fsp3) is 0.524. The van der Waals surface area contributed by atoms with Crippen molar-refractivity contribution >= 4 is 17.5 Å². The molecular formula is C21H26N2O4. The Labute approximate surface area is 159 Å². The third-order valence-electron chi connectivity index (χ3n) is 5.77. The summed E-state index contributed by atoms with van der Waals surface area (Å²) in [6.45, 7) is 3.20. The van der Waals surface area contributed by atoms with Gasteiger partial charge in [-0.1, -0.05) is 0 Å². The van der Waals surface area contributed by atoms with Gasteiger partial charge in [-0.15, -0.1) is 0 Å². The minimum Gasteiger partial charge on any atom is -0.497 e. The van der Waals surface area contributed by atoms with Gasteiger partial charge in [-0.05, 0) is 55.5 Å². The number of rotatable bonds is 4.